The number of benzene rings is 5. The van der Waals surface area contributed by atoms with Crippen LogP contribution in [-0.4, -0.2) is 92.4 Å². The molecule has 10 aliphatic rings. The molecule has 5 aromatic rings. The molecule has 1 atom stereocenters. The second-order valence-electron chi connectivity index (χ2n) is 32.2. The summed E-state index contributed by atoms with van der Waals surface area (Å²) in [6.07, 6.45) is 35.4. The largest absolute Gasteiger partial charge is 1.00 e. The number of ether oxygens (including phenoxy) is 8. The minimum atomic E-state index is -1.67. The van der Waals surface area contributed by atoms with Gasteiger partial charge in [-0.05, 0) is 276 Å². The fraction of sp³-hybridized carbons (Fsp3) is 0.570. The molecule has 0 bridgehead atoms. The van der Waals surface area contributed by atoms with Crippen LogP contribution < -0.4 is 42.5 Å². The number of alkyl halides is 1. The van der Waals surface area contributed by atoms with Gasteiger partial charge >= 0.3 is 36.8 Å². The van der Waals surface area contributed by atoms with E-state index in [0.29, 0.717) is 71.6 Å². The van der Waals surface area contributed by atoms with Crippen LogP contribution in [0.4, 0.5) is 0 Å². The number of rotatable bonds is 12. The molecular formula is C86H116AlCl3ILiO13S. The number of carbonyl (C=O) groups is 3. The average Bonchev–Trinajstić information content (AvgIpc) is 1.67. The van der Waals surface area contributed by atoms with Gasteiger partial charge in [0.1, 0.15) is 73.4 Å². The molecule has 5 aromatic carbocycles. The van der Waals surface area contributed by atoms with Gasteiger partial charge in [0.05, 0.1) is 32.3 Å². The molecule has 3 saturated carbocycles. The second kappa shape index (κ2) is 39.8. The predicted molar refractivity (Wildman–Crippen MR) is 439 cm³/mol. The van der Waals surface area contributed by atoms with Gasteiger partial charge in [-0.3, -0.25) is 0 Å². The first-order valence-corrected chi connectivity index (χ1v) is 42.4. The summed E-state index contributed by atoms with van der Waals surface area (Å²) < 4.78 is 55.5. The summed E-state index contributed by atoms with van der Waals surface area (Å²) in [4.78, 5) is 36.4. The number of aliphatic hydroxyl groups excluding tert-OH is 1. The number of halogens is 4. The van der Waals surface area contributed by atoms with E-state index in [1.54, 1.807) is 6.92 Å². The Hall–Kier alpha value is -4.17. The van der Waals surface area contributed by atoms with Gasteiger partial charge in [0.15, 0.2) is 17.4 Å². The third kappa shape index (κ3) is 24.4. The van der Waals surface area contributed by atoms with Gasteiger partial charge in [-0.1, -0.05) is 93.2 Å². The molecule has 5 aliphatic carbocycles. The Kier molecular flexibility index (Phi) is 33.5. The zero-order valence-corrected chi connectivity index (χ0v) is 70.0. The fourth-order valence-corrected chi connectivity index (χ4v) is 17.2. The van der Waals surface area contributed by atoms with Crippen LogP contribution in [0.15, 0.2) is 85.0 Å². The van der Waals surface area contributed by atoms with Crippen molar-refractivity contribution in [1.29, 1.82) is 0 Å². The van der Waals surface area contributed by atoms with Crippen LogP contribution in [-0.2, 0) is 68.0 Å². The predicted octanol–water partition coefficient (Wildman–Crippen LogP) is 18.5. The van der Waals surface area contributed by atoms with E-state index in [2.05, 4.69) is 166 Å². The molecule has 0 aromatic heterocycles. The van der Waals surface area contributed by atoms with Crippen molar-refractivity contribution in [3.8, 4) is 28.7 Å². The standard InChI is InChI=1S/C18H24O3.C18H22O3.C16H21ClO.C16H22O2.C13H15IO3.C5H8.Al.Cl2OS.Li.4H/c2*1-4-20-17(19)15-10-13(12-7-5-6-8-12)9-14-11-18(2,3)21-16(14)15;2*1-16(2)9-13-7-12(11-5-3-4-6-11)8-14(10-17)15(13)18-16;1-4-16-12(15)10-6-9(14)5-8-7-13(2,3)17-11(8)10;1-2-4-5-3-1;;1-4(2)3;;;;;/h9-10,12H,4-8,11H2,1-3H3;5,7,9-10,12H,4,6,8,11H2,1-3H3;7-8,11H,3-6,9-10H2,1-2H3;7-8,11,17H,3-6,9-10H2,1-2H3;5-6H,4,7H2,1-3H3;1-2H,3-5H2;;;;;;;/q;;;;;;;;+1;;;;-1. The molecular weight excluding hydrogens is 1540 g/mol. The summed E-state index contributed by atoms with van der Waals surface area (Å²) in [6, 6.07) is 21.4. The van der Waals surface area contributed by atoms with E-state index in [4.69, 9.17) is 53.7 Å². The molecule has 1 N–H and O–H groups in total. The van der Waals surface area contributed by atoms with Gasteiger partial charge in [-0.25, -0.2) is 18.6 Å². The van der Waals surface area contributed by atoms with E-state index < -0.39 is 9.23 Å². The average molecular weight is 1660 g/mol. The van der Waals surface area contributed by atoms with E-state index in [1.165, 1.54) is 135 Å². The topological polar surface area (TPSA) is 162 Å². The summed E-state index contributed by atoms with van der Waals surface area (Å²) >= 11 is 8.31. The molecule has 5 heterocycles. The zero-order chi connectivity index (χ0) is 75.3. The first kappa shape index (κ1) is 89.0. The van der Waals surface area contributed by atoms with Gasteiger partial charge in [0.25, 0.3) is 0 Å². The van der Waals surface area contributed by atoms with Crippen molar-refractivity contribution in [2.45, 2.75) is 295 Å². The maximum atomic E-state index is 12.3. The monoisotopic (exact) mass is 1650 g/mol. The number of allylic oxidation sites excluding steroid dienone is 4. The third-order valence-electron chi connectivity index (χ3n) is 20.6. The van der Waals surface area contributed by atoms with Crippen LogP contribution in [0.25, 0.3) is 0 Å². The smallest absolute Gasteiger partial charge is 1.00 e. The minimum absolute atomic E-state index is 0. The zero-order valence-electron chi connectivity index (χ0n) is 65.8. The first-order chi connectivity index (χ1) is 49.3. The molecule has 5 aliphatic heterocycles. The summed E-state index contributed by atoms with van der Waals surface area (Å²) in [7, 11) is 7.36. The van der Waals surface area contributed by atoms with E-state index in [1.807, 2.05) is 45.9 Å². The Bertz CT molecular complexity index is 3840. The fourth-order valence-electron chi connectivity index (χ4n) is 16.3. The van der Waals surface area contributed by atoms with Crippen molar-refractivity contribution in [2.75, 3.05) is 19.8 Å². The quantitative estimate of drug-likeness (QED) is 0.0239. The molecule has 1 unspecified atom stereocenters. The molecule has 15 rings (SSSR count). The number of carbonyl (C=O) groups excluding carboxylic acids is 3. The van der Waals surface area contributed by atoms with Crippen LogP contribution in [0.5, 0.6) is 28.7 Å². The number of aliphatic hydroxyl groups is 1. The number of fused-ring (bicyclic) bond motifs is 5. The van der Waals surface area contributed by atoms with Gasteiger partial charge in [-0.15, -0.1) is 11.6 Å². The van der Waals surface area contributed by atoms with E-state index in [0.717, 1.165) is 93.9 Å². The molecule has 20 heteroatoms. The molecule has 3 fully saturated rings. The molecule has 0 spiro atoms. The maximum Gasteiger partial charge on any atom is 1.00 e. The normalized spacial score (nSPS) is 19.7. The summed E-state index contributed by atoms with van der Waals surface area (Å²) in [5.41, 5.74) is 14.4. The van der Waals surface area contributed by atoms with Crippen LogP contribution in [0.1, 0.15) is 317 Å². The van der Waals surface area contributed by atoms with E-state index in [9.17, 15) is 19.5 Å². The van der Waals surface area contributed by atoms with Crippen LogP contribution in [0.3, 0.4) is 0 Å². The second-order valence-corrected chi connectivity index (χ2v) is 36.2. The van der Waals surface area contributed by atoms with Gasteiger partial charge in [-0.2, -0.15) is 0 Å². The van der Waals surface area contributed by atoms with Crippen molar-refractivity contribution < 1.29 is 81.9 Å². The molecule has 13 nitrogen and oxygen atoms in total. The van der Waals surface area contributed by atoms with E-state index >= 15 is 0 Å². The Labute approximate surface area is 686 Å². The van der Waals surface area contributed by atoms with Crippen molar-refractivity contribution in [2.24, 2.45) is 0 Å². The molecule has 106 heavy (non-hydrogen) atoms. The number of hydrogen-bond acceptors (Lipinski definition) is 13. The molecule has 0 saturated heterocycles. The minimum Gasteiger partial charge on any atom is -1.00 e. The van der Waals surface area contributed by atoms with Crippen molar-refractivity contribution >= 4 is 100 Å². The first-order valence-electron chi connectivity index (χ1n) is 38.0. The van der Waals surface area contributed by atoms with Crippen molar-refractivity contribution in [3.05, 3.63) is 166 Å². The Balaban J connectivity index is 0.000000202. The number of hydrogen-bond donors (Lipinski definition) is 1. The Morgan fingerprint density at radius 2 is 0.774 bits per heavy atom. The molecule has 0 radical (unpaired) electrons. The maximum absolute atomic E-state index is 12.3. The summed E-state index contributed by atoms with van der Waals surface area (Å²) in [5.74, 6) is 6.28. The Morgan fingerprint density at radius 3 is 1.10 bits per heavy atom. The van der Waals surface area contributed by atoms with Gasteiger partial charge < -0.3 is 44.4 Å². The number of esters is 3. The van der Waals surface area contributed by atoms with E-state index in [-0.39, 0.29) is 90.2 Å². The molecule has 0 amide bonds. The molecule has 576 valence electrons. The van der Waals surface area contributed by atoms with Crippen LogP contribution >= 0.6 is 55.6 Å². The Morgan fingerprint density at radius 1 is 0.462 bits per heavy atom. The van der Waals surface area contributed by atoms with Crippen molar-refractivity contribution in [1.82, 2.24) is 0 Å². The summed E-state index contributed by atoms with van der Waals surface area (Å²) in [6.45, 7) is 27.5. The van der Waals surface area contributed by atoms with Gasteiger partial charge in [0.2, 0.25) is 9.23 Å². The van der Waals surface area contributed by atoms with Crippen LogP contribution in [0.2, 0.25) is 0 Å². The van der Waals surface area contributed by atoms with Gasteiger partial charge in [0, 0.05) is 79.6 Å². The third-order valence-corrected chi connectivity index (χ3v) is 21.5. The summed E-state index contributed by atoms with van der Waals surface area (Å²) in [5, 5.41) is 9.56. The SMILES string of the molecule is C1=CCCC1.CC1(C)Cc2cc(C3CCCC3)cc(CCl)c2O1.CC1(C)Cc2cc(C3CCCC3)cc(CO)c2O1.CCOC(=O)c1cc(C2C=CCC2)cc2c1OC(C)(C)C2.CCOC(=O)c1cc(C2CCCC2)cc2c1OC(C)(C)C2.CCOC(=O)c1cc(I)cc2c1OC(C)(C)C2.O=S(Cl)Cl.[AlH3].[H-].[Li+]. The van der Waals surface area contributed by atoms with Crippen molar-refractivity contribution in [3.63, 3.8) is 0 Å². The van der Waals surface area contributed by atoms with Crippen LogP contribution in [0, 0.1) is 3.57 Å².